The van der Waals surface area contributed by atoms with E-state index in [-0.39, 0.29) is 5.56 Å². The van der Waals surface area contributed by atoms with Gasteiger partial charge in [-0.05, 0) is 36.8 Å². The first-order valence-electron chi connectivity index (χ1n) is 6.01. The second-order valence-corrected chi connectivity index (χ2v) is 5.11. The normalized spacial score (nSPS) is 10.7. The highest BCUT2D eigenvalue weighted by Crippen LogP contribution is 2.35. The van der Waals surface area contributed by atoms with Crippen molar-refractivity contribution in [1.82, 2.24) is 4.37 Å². The number of hydrogen-bond acceptors (Lipinski definition) is 4. The van der Waals surface area contributed by atoms with Crippen molar-refractivity contribution in [2.75, 3.05) is 0 Å². The molecular formula is C15H11NO3S. The van der Waals surface area contributed by atoms with Gasteiger partial charge in [0.15, 0.2) is 0 Å². The fraction of sp³-hybridized carbons (Fsp3) is 0.0667. The Morgan fingerprint density at radius 3 is 2.85 bits per heavy atom. The molecule has 0 fully saturated rings. The van der Waals surface area contributed by atoms with Crippen molar-refractivity contribution < 1.29 is 14.6 Å². The molecule has 3 aromatic rings. The van der Waals surface area contributed by atoms with Gasteiger partial charge in [-0.25, -0.2) is 4.79 Å². The van der Waals surface area contributed by atoms with Crippen molar-refractivity contribution in [2.45, 2.75) is 6.92 Å². The zero-order valence-electron chi connectivity index (χ0n) is 10.7. The van der Waals surface area contributed by atoms with Gasteiger partial charge in [0.2, 0.25) is 5.06 Å². The molecule has 0 aliphatic rings. The van der Waals surface area contributed by atoms with E-state index in [0.717, 1.165) is 16.5 Å². The number of nitrogens with zero attached hydrogens (tertiary/aromatic N) is 1. The van der Waals surface area contributed by atoms with Crippen LogP contribution in [-0.2, 0) is 0 Å². The molecule has 2 aromatic carbocycles. The zero-order chi connectivity index (χ0) is 14.1. The van der Waals surface area contributed by atoms with Crippen LogP contribution in [0.5, 0.6) is 10.8 Å². The Morgan fingerprint density at radius 1 is 1.25 bits per heavy atom. The van der Waals surface area contributed by atoms with Crippen LogP contribution in [-0.4, -0.2) is 15.4 Å². The fourth-order valence-electron chi connectivity index (χ4n) is 1.88. The minimum Gasteiger partial charge on any atom is -0.478 e. The van der Waals surface area contributed by atoms with Gasteiger partial charge in [-0.15, -0.1) is 0 Å². The summed E-state index contributed by atoms with van der Waals surface area (Å²) in [7, 11) is 0. The summed E-state index contributed by atoms with van der Waals surface area (Å²) >= 11 is 1.26. The van der Waals surface area contributed by atoms with Crippen LogP contribution in [0.25, 0.3) is 10.9 Å². The average molecular weight is 285 g/mol. The van der Waals surface area contributed by atoms with Crippen LogP contribution in [0.15, 0.2) is 42.5 Å². The number of carboxylic acids is 1. The number of carboxylic acid groups (broad SMARTS) is 1. The molecular weight excluding hydrogens is 274 g/mol. The molecule has 0 aliphatic carbocycles. The Bertz CT molecular complexity index is 795. The molecule has 0 saturated carbocycles. The number of fused-ring (bicyclic) bond motifs is 1. The van der Waals surface area contributed by atoms with Gasteiger partial charge >= 0.3 is 5.97 Å². The third-order valence-electron chi connectivity index (χ3n) is 2.99. The summed E-state index contributed by atoms with van der Waals surface area (Å²) in [4.78, 5) is 11.0. The Labute approximate surface area is 119 Å². The lowest BCUT2D eigenvalue weighted by Crippen LogP contribution is -1.97. The lowest BCUT2D eigenvalue weighted by Gasteiger charge is -2.07. The van der Waals surface area contributed by atoms with Crippen LogP contribution in [0.4, 0.5) is 0 Å². The molecule has 1 aromatic heterocycles. The number of rotatable bonds is 3. The number of ether oxygens (including phenoxy) is 1. The summed E-state index contributed by atoms with van der Waals surface area (Å²) in [6.07, 6.45) is 0. The summed E-state index contributed by atoms with van der Waals surface area (Å²) in [5.74, 6) is -0.427. The molecule has 0 amide bonds. The van der Waals surface area contributed by atoms with Crippen LogP contribution in [0, 0.1) is 6.92 Å². The van der Waals surface area contributed by atoms with Crippen molar-refractivity contribution in [3.05, 3.63) is 53.6 Å². The third kappa shape index (κ3) is 2.23. The van der Waals surface area contributed by atoms with Gasteiger partial charge in [-0.1, -0.05) is 18.2 Å². The van der Waals surface area contributed by atoms with Crippen LogP contribution in [0.2, 0.25) is 0 Å². The predicted molar refractivity (Wildman–Crippen MR) is 77.8 cm³/mol. The van der Waals surface area contributed by atoms with Gasteiger partial charge in [0, 0.05) is 11.5 Å². The molecule has 0 aliphatic heterocycles. The van der Waals surface area contributed by atoms with Crippen molar-refractivity contribution in [3.8, 4) is 10.8 Å². The Morgan fingerprint density at radius 2 is 2.05 bits per heavy atom. The van der Waals surface area contributed by atoms with Gasteiger partial charge in [0.1, 0.15) is 5.75 Å². The van der Waals surface area contributed by atoms with E-state index in [0.29, 0.717) is 10.8 Å². The van der Waals surface area contributed by atoms with E-state index >= 15 is 0 Å². The molecule has 0 radical (unpaired) electrons. The minimum atomic E-state index is -0.969. The van der Waals surface area contributed by atoms with Crippen LogP contribution >= 0.6 is 11.5 Å². The zero-order valence-corrected chi connectivity index (χ0v) is 11.5. The third-order valence-corrected chi connectivity index (χ3v) is 3.75. The van der Waals surface area contributed by atoms with Gasteiger partial charge in [-0.3, -0.25) is 0 Å². The van der Waals surface area contributed by atoms with Crippen molar-refractivity contribution >= 4 is 28.4 Å². The van der Waals surface area contributed by atoms with Crippen LogP contribution in [0.1, 0.15) is 15.9 Å². The topological polar surface area (TPSA) is 59.4 Å². The van der Waals surface area contributed by atoms with Crippen LogP contribution in [0.3, 0.4) is 0 Å². The monoisotopic (exact) mass is 285 g/mol. The van der Waals surface area contributed by atoms with Gasteiger partial charge in [0.25, 0.3) is 0 Å². The fourth-order valence-corrected chi connectivity index (χ4v) is 2.62. The van der Waals surface area contributed by atoms with Gasteiger partial charge < -0.3 is 9.84 Å². The molecule has 5 heteroatoms. The maximum atomic E-state index is 11.0. The maximum absolute atomic E-state index is 11.0. The molecule has 0 unspecified atom stereocenters. The second-order valence-electron chi connectivity index (χ2n) is 4.37. The second kappa shape index (κ2) is 4.94. The number of benzene rings is 2. The van der Waals surface area contributed by atoms with E-state index in [9.17, 15) is 4.79 Å². The van der Waals surface area contributed by atoms with Gasteiger partial charge in [0.05, 0.1) is 16.5 Å². The van der Waals surface area contributed by atoms with E-state index in [1.165, 1.54) is 17.6 Å². The first-order chi connectivity index (χ1) is 9.65. The SMILES string of the molecule is Cc1ccc(C(=O)O)cc1Oc1snc2ccccc12. The lowest BCUT2D eigenvalue weighted by atomic mass is 10.1. The average Bonchev–Trinajstić information content (AvgIpc) is 2.84. The van der Waals surface area contributed by atoms with Gasteiger partial charge in [-0.2, -0.15) is 4.37 Å². The smallest absolute Gasteiger partial charge is 0.335 e. The van der Waals surface area contributed by atoms with Crippen LogP contribution < -0.4 is 4.74 Å². The number of aryl methyl sites for hydroxylation is 1. The molecule has 1 heterocycles. The molecule has 100 valence electrons. The predicted octanol–water partition coefficient (Wildman–Crippen LogP) is 4.10. The van der Waals surface area contributed by atoms with E-state index < -0.39 is 5.97 Å². The van der Waals surface area contributed by atoms with E-state index in [4.69, 9.17) is 9.84 Å². The lowest BCUT2D eigenvalue weighted by molar-refractivity contribution is 0.0696. The molecule has 4 nitrogen and oxygen atoms in total. The highest BCUT2D eigenvalue weighted by molar-refractivity contribution is 7.09. The quantitative estimate of drug-likeness (QED) is 0.787. The molecule has 0 saturated heterocycles. The summed E-state index contributed by atoms with van der Waals surface area (Å²) in [5, 5.41) is 10.6. The Hall–Kier alpha value is -2.40. The van der Waals surface area contributed by atoms with E-state index in [1.54, 1.807) is 12.1 Å². The summed E-state index contributed by atoms with van der Waals surface area (Å²) in [6.45, 7) is 1.88. The molecule has 3 rings (SSSR count). The standard InChI is InChI=1S/C15H11NO3S/c1-9-6-7-10(14(17)18)8-13(9)19-15-11-4-2-3-5-12(11)16-20-15/h2-8H,1H3,(H,17,18). The number of aromatic carboxylic acids is 1. The first-order valence-corrected chi connectivity index (χ1v) is 6.79. The molecule has 0 spiro atoms. The molecule has 0 atom stereocenters. The summed E-state index contributed by atoms with van der Waals surface area (Å²) in [5.41, 5.74) is 1.96. The van der Waals surface area contributed by atoms with Crippen molar-refractivity contribution in [2.24, 2.45) is 0 Å². The maximum Gasteiger partial charge on any atom is 0.335 e. The van der Waals surface area contributed by atoms with E-state index in [2.05, 4.69) is 4.37 Å². The van der Waals surface area contributed by atoms with E-state index in [1.807, 2.05) is 31.2 Å². The Balaban J connectivity index is 2.02. The number of carbonyl (C=O) groups is 1. The molecule has 0 bridgehead atoms. The molecule has 20 heavy (non-hydrogen) atoms. The molecule has 1 N–H and O–H groups in total. The largest absolute Gasteiger partial charge is 0.478 e. The number of aromatic nitrogens is 1. The Kier molecular flexibility index (Phi) is 3.12. The summed E-state index contributed by atoms with van der Waals surface area (Å²) in [6, 6.07) is 12.5. The number of hydrogen-bond donors (Lipinski definition) is 1. The highest BCUT2D eigenvalue weighted by atomic mass is 32.1. The van der Waals surface area contributed by atoms with Crippen molar-refractivity contribution in [3.63, 3.8) is 0 Å². The minimum absolute atomic E-state index is 0.208. The summed E-state index contributed by atoms with van der Waals surface area (Å²) < 4.78 is 10.1. The first kappa shape index (κ1) is 12.6. The van der Waals surface area contributed by atoms with Crippen molar-refractivity contribution in [1.29, 1.82) is 0 Å². The highest BCUT2D eigenvalue weighted by Gasteiger charge is 2.11.